The van der Waals surface area contributed by atoms with E-state index in [1.54, 1.807) is 11.1 Å². The number of hydrogen-bond acceptors (Lipinski definition) is 9. The van der Waals surface area contributed by atoms with Crippen LogP contribution in [0.25, 0.3) is 0 Å². The Hall–Kier alpha value is -4.58. The van der Waals surface area contributed by atoms with Crippen LogP contribution in [0.4, 0.5) is 4.79 Å². The van der Waals surface area contributed by atoms with Gasteiger partial charge in [0, 0.05) is 101 Å². The Kier molecular flexibility index (Phi) is 15.4. The van der Waals surface area contributed by atoms with Crippen LogP contribution in [0, 0.1) is 12.8 Å². The number of urea groups is 1. The van der Waals surface area contributed by atoms with E-state index in [9.17, 15) is 9.59 Å². The number of amides is 3. The number of benzene rings is 1. The summed E-state index contributed by atoms with van der Waals surface area (Å²) in [5.74, 6) is 0.528. The zero-order valence-electron chi connectivity index (χ0n) is 32.0. The Labute approximate surface area is 316 Å². The molecule has 4 aliphatic rings. The van der Waals surface area contributed by atoms with Gasteiger partial charge in [0.1, 0.15) is 6.67 Å². The van der Waals surface area contributed by atoms with Crippen molar-refractivity contribution >= 4 is 24.4 Å². The van der Waals surface area contributed by atoms with Gasteiger partial charge in [0.2, 0.25) is 5.91 Å². The third-order valence-corrected chi connectivity index (χ3v) is 10.5. The first-order chi connectivity index (χ1) is 25.9. The summed E-state index contributed by atoms with van der Waals surface area (Å²) in [4.78, 5) is 42.0. The summed E-state index contributed by atoms with van der Waals surface area (Å²) in [6, 6.07) is 6.12. The van der Waals surface area contributed by atoms with Crippen LogP contribution < -0.4 is 16.0 Å². The first-order valence-corrected chi connectivity index (χ1v) is 19.2. The maximum absolute atomic E-state index is 12.3. The van der Waals surface area contributed by atoms with Crippen LogP contribution in [-0.4, -0.2) is 117 Å². The molecule has 0 unspecified atom stereocenters. The minimum Gasteiger partial charge on any atom is -0.372 e. The second kappa shape index (κ2) is 20.6. The number of piperidine rings is 1. The van der Waals surface area contributed by atoms with Crippen molar-refractivity contribution < 1.29 is 9.59 Å². The molecular formula is C42H59N9O2. The molecule has 5 rings (SSSR count). The predicted octanol–water partition coefficient (Wildman–Crippen LogP) is 5.11. The quantitative estimate of drug-likeness (QED) is 0.161. The molecule has 1 aromatic carbocycles. The largest absolute Gasteiger partial charge is 0.372 e. The lowest BCUT2D eigenvalue weighted by Crippen LogP contribution is -2.48. The van der Waals surface area contributed by atoms with E-state index in [4.69, 9.17) is 4.99 Å². The summed E-state index contributed by atoms with van der Waals surface area (Å²) in [5.41, 5.74) is 7.61. The van der Waals surface area contributed by atoms with Crippen LogP contribution in [0.1, 0.15) is 55.7 Å². The number of piperazine rings is 1. The Balaban J connectivity index is 0.979. The molecule has 3 saturated heterocycles. The summed E-state index contributed by atoms with van der Waals surface area (Å²) in [6.45, 7) is 18.4. The number of allylic oxidation sites excluding steroid dienone is 7. The summed E-state index contributed by atoms with van der Waals surface area (Å²) in [6.07, 6.45) is 23.1. The number of carbonyl (C=O) groups excluding carboxylic acids is 2. The second-order valence-corrected chi connectivity index (χ2v) is 14.1. The van der Waals surface area contributed by atoms with E-state index in [0.29, 0.717) is 19.6 Å². The van der Waals surface area contributed by atoms with E-state index < -0.39 is 0 Å². The minimum atomic E-state index is -0.327. The molecule has 0 atom stereocenters. The van der Waals surface area contributed by atoms with Crippen molar-refractivity contribution in [2.75, 3.05) is 72.6 Å². The number of hydrogen-bond donors (Lipinski definition) is 3. The highest BCUT2D eigenvalue weighted by Gasteiger charge is 2.27. The first-order valence-electron chi connectivity index (χ1n) is 19.2. The monoisotopic (exact) mass is 721 g/mol. The number of imide groups is 1. The fourth-order valence-corrected chi connectivity index (χ4v) is 7.33. The predicted molar refractivity (Wildman–Crippen MR) is 217 cm³/mol. The van der Waals surface area contributed by atoms with E-state index in [-0.39, 0.29) is 11.9 Å². The van der Waals surface area contributed by atoms with Gasteiger partial charge in [-0.05, 0) is 101 Å². The number of nitrogens with zero attached hydrogens (tertiary/aromatic N) is 6. The number of likely N-dealkylation sites (tertiary alicyclic amines) is 1. The summed E-state index contributed by atoms with van der Waals surface area (Å²) < 4.78 is 0. The van der Waals surface area contributed by atoms with Crippen LogP contribution in [-0.2, 0) is 11.3 Å². The van der Waals surface area contributed by atoms with Crippen LogP contribution in [0.3, 0.4) is 0 Å². The van der Waals surface area contributed by atoms with Gasteiger partial charge in [-0.2, -0.15) is 0 Å². The molecule has 11 heteroatoms. The highest BCUT2D eigenvalue weighted by atomic mass is 16.2. The zero-order chi connectivity index (χ0) is 37.4. The molecule has 0 aromatic heterocycles. The van der Waals surface area contributed by atoms with Crippen molar-refractivity contribution in [3.63, 3.8) is 0 Å². The molecule has 0 bridgehead atoms. The van der Waals surface area contributed by atoms with Crippen LogP contribution in [0.5, 0.6) is 0 Å². The first kappa shape index (κ1) is 39.6. The summed E-state index contributed by atoms with van der Waals surface area (Å²) >= 11 is 0. The number of aliphatic imine (C=N–C) groups is 2. The third-order valence-electron chi connectivity index (χ3n) is 10.5. The number of rotatable bonds is 16. The SMILES string of the molecule is C=N/C=C\C(=NCNC(/C=C\CCN1CCN(CC2CCN(C3=CCC=C(N4CCC(=O)NC4=O)C=C3)CC2)CC1)=C/C)c1ccc(CNC)c(C)c1. The van der Waals surface area contributed by atoms with Gasteiger partial charge in [-0.15, -0.1) is 0 Å². The van der Waals surface area contributed by atoms with Crippen LogP contribution in [0.15, 0.2) is 100 Å². The van der Waals surface area contributed by atoms with E-state index in [1.165, 1.54) is 36.2 Å². The smallest absolute Gasteiger partial charge is 0.328 e. The number of carbonyl (C=O) groups is 2. The molecule has 3 heterocycles. The molecule has 3 fully saturated rings. The Morgan fingerprint density at radius 3 is 2.47 bits per heavy atom. The molecule has 0 spiro atoms. The van der Waals surface area contributed by atoms with Crippen molar-refractivity contribution in [1.29, 1.82) is 0 Å². The second-order valence-electron chi connectivity index (χ2n) is 14.1. The average Bonchev–Trinajstić information content (AvgIpc) is 3.42. The number of nitrogens with one attached hydrogen (secondary N) is 3. The molecule has 3 N–H and O–H groups in total. The molecule has 1 aromatic rings. The minimum absolute atomic E-state index is 0.203. The van der Waals surface area contributed by atoms with E-state index >= 15 is 0 Å². The van der Waals surface area contributed by atoms with Gasteiger partial charge < -0.3 is 25.3 Å². The topological polar surface area (TPSA) is 108 Å². The Bertz CT molecular complexity index is 1640. The van der Waals surface area contributed by atoms with E-state index in [0.717, 1.165) is 93.8 Å². The van der Waals surface area contributed by atoms with Gasteiger partial charge in [0.05, 0.1) is 5.71 Å². The molecule has 284 valence electrons. The molecule has 3 amide bonds. The van der Waals surface area contributed by atoms with Crippen molar-refractivity contribution in [3.05, 3.63) is 107 Å². The third kappa shape index (κ3) is 12.0. The standard InChI is InChI=1S/C42H59N9O2/c1-5-37(45-32-46-40(16-20-43-3)35-12-13-36(30-44-4)33(2)29-35)9-6-7-21-48-25-27-49(28-26-48)31-34-17-22-50(23-18-34)38-10-8-11-39(15-14-38)51-24-19-41(52)47-42(51)53/h5-6,9-16,20,29,34,44-45H,3,7-8,17-19,21-28,30-32H2,1-2,4H3,(H,47,52,53)/b9-6-,20-16-,37-5+,46-40?. The van der Waals surface area contributed by atoms with Gasteiger partial charge in [-0.25, -0.2) is 4.79 Å². The van der Waals surface area contributed by atoms with Gasteiger partial charge in [0.15, 0.2) is 0 Å². The lowest BCUT2D eigenvalue weighted by atomic mass is 9.95. The Morgan fingerprint density at radius 2 is 1.75 bits per heavy atom. The summed E-state index contributed by atoms with van der Waals surface area (Å²) in [7, 11) is 1.96. The highest BCUT2D eigenvalue weighted by molar-refractivity contribution is 6.08. The molecule has 1 aliphatic carbocycles. The Morgan fingerprint density at radius 1 is 1.00 bits per heavy atom. The number of aryl methyl sites for hydroxylation is 1. The summed E-state index contributed by atoms with van der Waals surface area (Å²) in [5, 5.41) is 9.10. The molecule has 53 heavy (non-hydrogen) atoms. The van der Waals surface area contributed by atoms with Gasteiger partial charge in [-0.1, -0.05) is 36.4 Å². The zero-order valence-corrected chi connectivity index (χ0v) is 32.0. The van der Waals surface area contributed by atoms with Gasteiger partial charge >= 0.3 is 6.03 Å². The van der Waals surface area contributed by atoms with Crippen LogP contribution in [0.2, 0.25) is 0 Å². The normalized spacial score (nSPS) is 20.2. The average molecular weight is 722 g/mol. The molecule has 0 radical (unpaired) electrons. The lowest BCUT2D eigenvalue weighted by molar-refractivity contribution is -0.121. The van der Waals surface area contributed by atoms with Crippen molar-refractivity contribution in [3.8, 4) is 0 Å². The maximum atomic E-state index is 12.3. The van der Waals surface area contributed by atoms with Gasteiger partial charge in [-0.3, -0.25) is 25.0 Å². The molecule has 3 aliphatic heterocycles. The van der Waals surface area contributed by atoms with Crippen LogP contribution >= 0.6 is 0 Å². The molecule has 11 nitrogen and oxygen atoms in total. The fraction of sp³-hybridized carbons (Fsp3) is 0.476. The lowest BCUT2D eigenvalue weighted by Gasteiger charge is -2.39. The van der Waals surface area contributed by atoms with E-state index in [1.807, 2.05) is 26.1 Å². The van der Waals surface area contributed by atoms with Crippen molar-refractivity contribution in [2.45, 2.75) is 52.5 Å². The highest BCUT2D eigenvalue weighted by Crippen LogP contribution is 2.25. The van der Waals surface area contributed by atoms with Crippen molar-refractivity contribution in [2.24, 2.45) is 15.9 Å². The molecular weight excluding hydrogens is 663 g/mol. The maximum Gasteiger partial charge on any atom is 0.328 e. The fourth-order valence-electron chi connectivity index (χ4n) is 7.33. The molecule has 0 saturated carbocycles. The van der Waals surface area contributed by atoms with E-state index in [2.05, 4.69) is 104 Å². The van der Waals surface area contributed by atoms with Crippen molar-refractivity contribution in [1.82, 2.24) is 35.6 Å². The van der Waals surface area contributed by atoms with Gasteiger partial charge in [0.25, 0.3) is 0 Å².